The Morgan fingerprint density at radius 3 is 2.35 bits per heavy atom. The zero-order valence-corrected chi connectivity index (χ0v) is 12.6. The Morgan fingerprint density at radius 1 is 1.30 bits per heavy atom. The lowest BCUT2D eigenvalue weighted by atomic mass is 10.1. The zero-order chi connectivity index (χ0) is 15.2. The minimum Gasteiger partial charge on any atom is -0.444 e. The first-order valence-corrected chi connectivity index (χ1v) is 6.82. The molecule has 0 spiro atoms. The fourth-order valence-corrected chi connectivity index (χ4v) is 1.71. The van der Waals surface area contributed by atoms with Crippen LogP contribution in [-0.4, -0.2) is 29.7 Å². The van der Waals surface area contributed by atoms with Crippen LogP contribution < -0.4 is 0 Å². The van der Waals surface area contributed by atoms with Crippen LogP contribution in [0.15, 0.2) is 24.3 Å². The third-order valence-corrected chi connectivity index (χ3v) is 2.79. The molecule has 0 bridgehead atoms. The molecule has 1 amide bonds. The number of hydrogen-bond acceptors (Lipinski definition) is 3. The lowest BCUT2D eigenvalue weighted by molar-refractivity contribution is 0.0262. The van der Waals surface area contributed by atoms with Crippen LogP contribution in [0.3, 0.4) is 0 Å². The molecule has 0 aliphatic carbocycles. The van der Waals surface area contributed by atoms with Crippen molar-refractivity contribution in [2.75, 3.05) is 13.1 Å². The summed E-state index contributed by atoms with van der Waals surface area (Å²) < 4.78 is 5.36. The van der Waals surface area contributed by atoms with Gasteiger partial charge in [0.15, 0.2) is 0 Å². The summed E-state index contributed by atoms with van der Waals surface area (Å²) in [4.78, 5) is 13.7. The molecule has 1 rings (SSSR count). The molecule has 0 unspecified atom stereocenters. The lowest BCUT2D eigenvalue weighted by Crippen LogP contribution is -2.37. The van der Waals surface area contributed by atoms with Crippen molar-refractivity contribution in [2.24, 2.45) is 0 Å². The van der Waals surface area contributed by atoms with Crippen molar-refractivity contribution in [3.05, 3.63) is 35.4 Å². The van der Waals surface area contributed by atoms with Gasteiger partial charge in [0.05, 0.1) is 11.6 Å². The number of likely N-dealkylation sites (N-methyl/N-ethyl adjacent to an activating group) is 1. The van der Waals surface area contributed by atoms with Gasteiger partial charge < -0.3 is 9.64 Å². The van der Waals surface area contributed by atoms with Crippen LogP contribution in [0, 0.1) is 11.3 Å². The first-order valence-electron chi connectivity index (χ1n) is 6.82. The zero-order valence-electron chi connectivity index (χ0n) is 12.6. The Morgan fingerprint density at radius 2 is 1.90 bits per heavy atom. The summed E-state index contributed by atoms with van der Waals surface area (Å²) in [5.41, 5.74) is 1.28. The molecule has 4 heteroatoms. The van der Waals surface area contributed by atoms with Crippen LogP contribution in [0.4, 0.5) is 4.79 Å². The van der Waals surface area contributed by atoms with E-state index in [0.29, 0.717) is 18.7 Å². The molecule has 0 heterocycles. The summed E-state index contributed by atoms with van der Waals surface area (Å²) in [6.07, 6.45) is 0.465. The average Bonchev–Trinajstić information content (AvgIpc) is 2.38. The van der Waals surface area contributed by atoms with Crippen molar-refractivity contribution in [1.82, 2.24) is 4.90 Å². The maximum Gasteiger partial charge on any atom is 0.410 e. The Balaban J connectivity index is 2.56. The Labute approximate surface area is 121 Å². The molecule has 1 aromatic carbocycles. The van der Waals surface area contributed by atoms with Crippen molar-refractivity contribution in [3.8, 4) is 6.07 Å². The monoisotopic (exact) mass is 274 g/mol. The summed E-state index contributed by atoms with van der Waals surface area (Å²) >= 11 is 0. The van der Waals surface area contributed by atoms with E-state index >= 15 is 0 Å². The number of rotatable bonds is 4. The van der Waals surface area contributed by atoms with Crippen molar-refractivity contribution >= 4 is 6.09 Å². The Kier molecular flexibility index (Phi) is 5.57. The van der Waals surface area contributed by atoms with Gasteiger partial charge in [-0.1, -0.05) is 12.1 Å². The molecule has 1 aromatic rings. The second-order valence-electron chi connectivity index (χ2n) is 5.62. The smallest absolute Gasteiger partial charge is 0.410 e. The highest BCUT2D eigenvalue weighted by molar-refractivity contribution is 5.68. The van der Waals surface area contributed by atoms with E-state index in [9.17, 15) is 4.79 Å². The summed E-state index contributed by atoms with van der Waals surface area (Å²) in [7, 11) is 0. The van der Waals surface area contributed by atoms with Gasteiger partial charge in [-0.15, -0.1) is 0 Å². The Bertz CT molecular complexity index is 481. The molecule has 4 nitrogen and oxygen atoms in total. The van der Waals surface area contributed by atoms with E-state index in [-0.39, 0.29) is 6.09 Å². The van der Waals surface area contributed by atoms with Gasteiger partial charge in [0.1, 0.15) is 5.60 Å². The summed E-state index contributed by atoms with van der Waals surface area (Å²) in [6.45, 7) is 8.74. The van der Waals surface area contributed by atoms with E-state index < -0.39 is 5.60 Å². The maximum atomic E-state index is 12.0. The van der Waals surface area contributed by atoms with E-state index in [1.165, 1.54) is 0 Å². The molecule has 0 fully saturated rings. The molecule has 0 radical (unpaired) electrons. The molecule has 0 aliphatic rings. The fourth-order valence-electron chi connectivity index (χ4n) is 1.71. The standard InChI is InChI=1S/C16H22N2O2/c1-5-18(15(19)20-16(2,3)4)11-10-13-6-8-14(12-17)9-7-13/h6-9H,5,10-11H2,1-4H3. The fraction of sp³-hybridized carbons (Fsp3) is 0.500. The molecule has 0 aromatic heterocycles. The van der Waals surface area contributed by atoms with Gasteiger partial charge >= 0.3 is 6.09 Å². The SMILES string of the molecule is CCN(CCc1ccc(C#N)cc1)C(=O)OC(C)(C)C. The van der Waals surface area contributed by atoms with E-state index in [1.54, 1.807) is 17.0 Å². The topological polar surface area (TPSA) is 53.3 Å². The second kappa shape index (κ2) is 6.95. The highest BCUT2D eigenvalue weighted by atomic mass is 16.6. The number of ether oxygens (including phenoxy) is 1. The number of carbonyl (C=O) groups excluding carboxylic acids is 1. The predicted octanol–water partition coefficient (Wildman–Crippen LogP) is 3.36. The minimum atomic E-state index is -0.473. The lowest BCUT2D eigenvalue weighted by Gasteiger charge is -2.26. The summed E-state index contributed by atoms with van der Waals surface area (Å²) in [5, 5.41) is 8.75. The van der Waals surface area contributed by atoms with Crippen molar-refractivity contribution < 1.29 is 9.53 Å². The molecule has 0 saturated heterocycles. The van der Waals surface area contributed by atoms with Crippen LogP contribution in [0.5, 0.6) is 0 Å². The van der Waals surface area contributed by atoms with Gasteiger partial charge in [-0.25, -0.2) is 4.79 Å². The first-order chi connectivity index (χ1) is 9.35. The van der Waals surface area contributed by atoms with E-state index in [0.717, 1.165) is 12.0 Å². The summed E-state index contributed by atoms with van der Waals surface area (Å²) in [5.74, 6) is 0. The number of benzene rings is 1. The quantitative estimate of drug-likeness (QED) is 0.846. The van der Waals surface area contributed by atoms with Gasteiger partial charge in [-0.2, -0.15) is 5.26 Å². The molecular formula is C16H22N2O2. The summed E-state index contributed by atoms with van der Waals surface area (Å²) in [6, 6.07) is 9.51. The first kappa shape index (κ1) is 16.0. The van der Waals surface area contributed by atoms with E-state index in [1.807, 2.05) is 39.8 Å². The van der Waals surface area contributed by atoms with Gasteiger partial charge in [-0.05, 0) is 51.8 Å². The van der Waals surface area contributed by atoms with Crippen molar-refractivity contribution in [1.29, 1.82) is 5.26 Å². The van der Waals surface area contributed by atoms with Gasteiger partial charge in [0, 0.05) is 13.1 Å². The predicted molar refractivity (Wildman–Crippen MR) is 78.3 cm³/mol. The third-order valence-electron chi connectivity index (χ3n) is 2.79. The van der Waals surface area contributed by atoms with Gasteiger partial charge in [0.25, 0.3) is 0 Å². The van der Waals surface area contributed by atoms with Gasteiger partial charge in [-0.3, -0.25) is 0 Å². The molecule has 108 valence electrons. The number of carbonyl (C=O) groups is 1. The molecule has 0 atom stereocenters. The molecule has 0 aliphatic heterocycles. The molecular weight excluding hydrogens is 252 g/mol. The number of amides is 1. The van der Waals surface area contributed by atoms with E-state index in [2.05, 4.69) is 6.07 Å². The molecule has 0 saturated carbocycles. The van der Waals surface area contributed by atoms with E-state index in [4.69, 9.17) is 10.00 Å². The van der Waals surface area contributed by atoms with Crippen LogP contribution in [0.2, 0.25) is 0 Å². The molecule has 20 heavy (non-hydrogen) atoms. The number of nitrogens with zero attached hydrogens (tertiary/aromatic N) is 2. The highest BCUT2D eigenvalue weighted by Crippen LogP contribution is 2.11. The van der Waals surface area contributed by atoms with Crippen LogP contribution >= 0.6 is 0 Å². The number of hydrogen-bond donors (Lipinski definition) is 0. The van der Waals surface area contributed by atoms with Crippen LogP contribution in [0.1, 0.15) is 38.8 Å². The Hall–Kier alpha value is -2.02. The highest BCUT2D eigenvalue weighted by Gasteiger charge is 2.20. The van der Waals surface area contributed by atoms with Crippen LogP contribution in [-0.2, 0) is 11.2 Å². The van der Waals surface area contributed by atoms with Crippen molar-refractivity contribution in [3.63, 3.8) is 0 Å². The van der Waals surface area contributed by atoms with Gasteiger partial charge in [0.2, 0.25) is 0 Å². The largest absolute Gasteiger partial charge is 0.444 e. The maximum absolute atomic E-state index is 12.0. The third kappa shape index (κ3) is 5.31. The van der Waals surface area contributed by atoms with Crippen LogP contribution in [0.25, 0.3) is 0 Å². The molecule has 0 N–H and O–H groups in total. The normalized spacial score (nSPS) is 10.8. The second-order valence-corrected chi connectivity index (χ2v) is 5.62. The average molecular weight is 274 g/mol. The van der Waals surface area contributed by atoms with Crippen molar-refractivity contribution in [2.45, 2.75) is 39.7 Å². The number of nitriles is 1. The minimum absolute atomic E-state index is 0.284.